The highest BCUT2D eigenvalue weighted by Gasteiger charge is 2.25. The quantitative estimate of drug-likeness (QED) is 0.393. The first kappa shape index (κ1) is 19.8. The topological polar surface area (TPSA) is 21.1 Å². The summed E-state index contributed by atoms with van der Waals surface area (Å²) >= 11 is 0. The number of aromatic nitrogens is 2. The van der Waals surface area contributed by atoms with Crippen molar-refractivity contribution in [1.29, 1.82) is 0 Å². The Morgan fingerprint density at radius 1 is 0.742 bits per heavy atom. The molecule has 31 heavy (non-hydrogen) atoms. The molecular formula is C28H29N3. The smallest absolute Gasteiger partial charge is 0.0930 e. The molecule has 0 N–H and O–H groups in total. The van der Waals surface area contributed by atoms with E-state index in [-0.39, 0.29) is 0 Å². The van der Waals surface area contributed by atoms with Crippen molar-refractivity contribution in [2.75, 3.05) is 19.6 Å². The summed E-state index contributed by atoms with van der Waals surface area (Å²) < 4.78 is 2.17. The van der Waals surface area contributed by atoms with Gasteiger partial charge >= 0.3 is 0 Å². The molecule has 0 spiro atoms. The largest absolute Gasteiger partial charge is 0.303 e. The van der Waals surface area contributed by atoms with Crippen LogP contribution in [0.4, 0.5) is 0 Å². The SMILES string of the molecule is c1ccc(CCN2CCC(c3cc(-c4ccccc4)nn3-c3ccccc3)CC2)cc1. The molecule has 3 aromatic carbocycles. The summed E-state index contributed by atoms with van der Waals surface area (Å²) in [4.78, 5) is 2.62. The number of hydrogen-bond acceptors (Lipinski definition) is 2. The molecule has 0 amide bonds. The van der Waals surface area contributed by atoms with Crippen LogP contribution in [0.3, 0.4) is 0 Å². The molecule has 4 aromatic rings. The number of para-hydroxylation sites is 1. The average molecular weight is 408 g/mol. The lowest BCUT2D eigenvalue weighted by Crippen LogP contribution is -2.34. The lowest BCUT2D eigenvalue weighted by atomic mass is 9.92. The Morgan fingerprint density at radius 3 is 2.03 bits per heavy atom. The van der Waals surface area contributed by atoms with Gasteiger partial charge in [-0.25, -0.2) is 4.68 Å². The van der Waals surface area contributed by atoms with E-state index >= 15 is 0 Å². The Labute approximate surface area is 185 Å². The van der Waals surface area contributed by atoms with Gasteiger partial charge in [0, 0.05) is 23.7 Å². The van der Waals surface area contributed by atoms with Gasteiger partial charge in [-0.2, -0.15) is 5.10 Å². The first-order chi connectivity index (χ1) is 15.4. The van der Waals surface area contributed by atoms with Crippen LogP contribution >= 0.6 is 0 Å². The predicted molar refractivity (Wildman–Crippen MR) is 128 cm³/mol. The Hall–Kier alpha value is -3.17. The lowest BCUT2D eigenvalue weighted by molar-refractivity contribution is 0.212. The summed E-state index contributed by atoms with van der Waals surface area (Å²) in [5, 5.41) is 5.02. The Bertz CT molecular complexity index is 1080. The van der Waals surface area contributed by atoms with E-state index in [0.717, 1.165) is 37.4 Å². The van der Waals surface area contributed by atoms with E-state index in [1.54, 1.807) is 0 Å². The molecule has 5 rings (SSSR count). The van der Waals surface area contributed by atoms with Gasteiger partial charge in [0.05, 0.1) is 11.4 Å². The monoisotopic (exact) mass is 407 g/mol. The molecule has 3 heteroatoms. The molecule has 3 nitrogen and oxygen atoms in total. The molecule has 1 fully saturated rings. The molecule has 1 saturated heterocycles. The Morgan fingerprint density at radius 2 is 1.35 bits per heavy atom. The van der Waals surface area contributed by atoms with E-state index in [0.29, 0.717) is 5.92 Å². The maximum Gasteiger partial charge on any atom is 0.0930 e. The molecule has 1 aliphatic heterocycles. The van der Waals surface area contributed by atoms with Gasteiger partial charge in [-0.05, 0) is 56.1 Å². The maximum absolute atomic E-state index is 5.02. The maximum atomic E-state index is 5.02. The van der Waals surface area contributed by atoms with Gasteiger partial charge in [0.25, 0.3) is 0 Å². The third-order valence-electron chi connectivity index (χ3n) is 6.37. The van der Waals surface area contributed by atoms with Crippen LogP contribution in [-0.4, -0.2) is 34.3 Å². The second-order valence-corrected chi connectivity index (χ2v) is 8.42. The number of nitrogens with zero attached hydrogens (tertiary/aromatic N) is 3. The molecule has 1 aromatic heterocycles. The molecule has 2 heterocycles. The van der Waals surface area contributed by atoms with E-state index in [9.17, 15) is 0 Å². The first-order valence-electron chi connectivity index (χ1n) is 11.3. The summed E-state index contributed by atoms with van der Waals surface area (Å²) in [6, 6.07) is 34.2. The van der Waals surface area contributed by atoms with E-state index in [1.165, 1.54) is 29.7 Å². The molecule has 0 radical (unpaired) electrons. The second-order valence-electron chi connectivity index (χ2n) is 8.42. The van der Waals surface area contributed by atoms with Crippen molar-refractivity contribution in [1.82, 2.24) is 14.7 Å². The molecule has 0 saturated carbocycles. The molecule has 0 atom stereocenters. The standard InChI is InChI=1S/C28H29N3/c1-4-10-23(11-5-1)16-19-30-20-17-25(18-21-30)28-22-27(24-12-6-2-7-13-24)29-31(28)26-14-8-3-9-15-26/h1-15,22,25H,16-21H2. The van der Waals surface area contributed by atoms with Crippen molar-refractivity contribution in [3.63, 3.8) is 0 Å². The number of rotatable bonds is 6. The Kier molecular flexibility index (Phi) is 5.94. The molecular weight excluding hydrogens is 378 g/mol. The van der Waals surface area contributed by atoms with E-state index in [2.05, 4.69) is 107 Å². The number of benzene rings is 3. The number of hydrogen-bond donors (Lipinski definition) is 0. The van der Waals surface area contributed by atoms with Crippen LogP contribution in [0, 0.1) is 0 Å². The molecule has 0 aliphatic carbocycles. The van der Waals surface area contributed by atoms with Gasteiger partial charge in [0.1, 0.15) is 0 Å². The normalized spacial score (nSPS) is 15.2. The van der Waals surface area contributed by atoms with Crippen molar-refractivity contribution in [3.8, 4) is 16.9 Å². The van der Waals surface area contributed by atoms with Crippen LogP contribution in [0.5, 0.6) is 0 Å². The zero-order chi connectivity index (χ0) is 20.9. The summed E-state index contributed by atoms with van der Waals surface area (Å²) in [7, 11) is 0. The molecule has 0 unspecified atom stereocenters. The highest BCUT2D eigenvalue weighted by Crippen LogP contribution is 2.32. The fourth-order valence-electron chi connectivity index (χ4n) is 4.60. The van der Waals surface area contributed by atoms with Crippen molar-refractivity contribution >= 4 is 0 Å². The van der Waals surface area contributed by atoms with Crippen LogP contribution in [0.15, 0.2) is 97.1 Å². The van der Waals surface area contributed by atoms with Gasteiger partial charge in [0.15, 0.2) is 0 Å². The number of piperidine rings is 1. The van der Waals surface area contributed by atoms with Gasteiger partial charge in [-0.1, -0.05) is 78.9 Å². The van der Waals surface area contributed by atoms with Crippen LogP contribution < -0.4 is 0 Å². The third-order valence-corrected chi connectivity index (χ3v) is 6.37. The van der Waals surface area contributed by atoms with Crippen LogP contribution in [0.25, 0.3) is 16.9 Å². The van der Waals surface area contributed by atoms with Crippen molar-refractivity contribution in [2.45, 2.75) is 25.2 Å². The van der Waals surface area contributed by atoms with Crippen LogP contribution in [0.1, 0.15) is 30.0 Å². The van der Waals surface area contributed by atoms with Gasteiger partial charge in [-0.15, -0.1) is 0 Å². The Balaban J connectivity index is 1.33. The molecule has 156 valence electrons. The van der Waals surface area contributed by atoms with E-state index in [1.807, 2.05) is 0 Å². The summed E-state index contributed by atoms with van der Waals surface area (Å²) in [5.41, 5.74) is 6.16. The average Bonchev–Trinajstić information content (AvgIpc) is 3.30. The van der Waals surface area contributed by atoms with Crippen molar-refractivity contribution < 1.29 is 0 Å². The minimum Gasteiger partial charge on any atom is -0.303 e. The minimum absolute atomic E-state index is 0.540. The van der Waals surface area contributed by atoms with Gasteiger partial charge < -0.3 is 4.90 Å². The van der Waals surface area contributed by atoms with Crippen LogP contribution in [-0.2, 0) is 6.42 Å². The lowest BCUT2D eigenvalue weighted by Gasteiger charge is -2.32. The third kappa shape index (κ3) is 4.62. The van der Waals surface area contributed by atoms with Gasteiger partial charge in [-0.3, -0.25) is 0 Å². The minimum atomic E-state index is 0.540. The highest BCUT2D eigenvalue weighted by molar-refractivity contribution is 5.60. The predicted octanol–water partition coefficient (Wildman–Crippen LogP) is 5.96. The second kappa shape index (κ2) is 9.32. The number of likely N-dealkylation sites (tertiary alicyclic amines) is 1. The fraction of sp³-hybridized carbons (Fsp3) is 0.250. The first-order valence-corrected chi connectivity index (χ1v) is 11.3. The summed E-state index contributed by atoms with van der Waals surface area (Å²) in [5.74, 6) is 0.540. The van der Waals surface area contributed by atoms with E-state index in [4.69, 9.17) is 5.10 Å². The molecule has 1 aliphatic rings. The fourth-order valence-corrected chi connectivity index (χ4v) is 4.60. The zero-order valence-electron chi connectivity index (χ0n) is 17.9. The van der Waals surface area contributed by atoms with E-state index < -0.39 is 0 Å². The zero-order valence-corrected chi connectivity index (χ0v) is 17.9. The van der Waals surface area contributed by atoms with Gasteiger partial charge in [0.2, 0.25) is 0 Å². The van der Waals surface area contributed by atoms with Crippen molar-refractivity contribution in [3.05, 3.63) is 108 Å². The van der Waals surface area contributed by atoms with Crippen LogP contribution in [0.2, 0.25) is 0 Å². The summed E-state index contributed by atoms with van der Waals surface area (Å²) in [6.45, 7) is 3.44. The highest BCUT2D eigenvalue weighted by atomic mass is 15.3. The molecule has 0 bridgehead atoms. The van der Waals surface area contributed by atoms with Crippen molar-refractivity contribution in [2.24, 2.45) is 0 Å². The summed E-state index contributed by atoms with van der Waals surface area (Å²) in [6.07, 6.45) is 3.49.